The van der Waals surface area contributed by atoms with E-state index in [9.17, 15) is 4.79 Å². The Balaban J connectivity index is 1.53. The number of halogens is 1. The van der Waals surface area contributed by atoms with E-state index in [1.807, 2.05) is 25.2 Å². The lowest BCUT2D eigenvalue weighted by Crippen LogP contribution is -2.35. The lowest BCUT2D eigenvalue weighted by molar-refractivity contribution is -0.118. The number of morpholine rings is 1. The summed E-state index contributed by atoms with van der Waals surface area (Å²) in [5.41, 5.74) is 6.19. The summed E-state index contributed by atoms with van der Waals surface area (Å²) < 4.78 is 11.8. The molecule has 1 amide bonds. The van der Waals surface area contributed by atoms with Gasteiger partial charge in [-0.2, -0.15) is 0 Å². The van der Waals surface area contributed by atoms with E-state index in [1.54, 1.807) is 6.07 Å². The Morgan fingerprint density at radius 2 is 1.95 bits per heavy atom. The number of ether oxygens (including phenoxy) is 1. The normalized spacial score (nSPS) is 14.2. The molecule has 37 heavy (non-hydrogen) atoms. The number of carbonyl (C=O) groups is 1. The molecule has 2 aromatic rings. The van der Waals surface area contributed by atoms with Gasteiger partial charge in [0.15, 0.2) is 0 Å². The van der Waals surface area contributed by atoms with E-state index in [2.05, 4.69) is 51.5 Å². The highest BCUT2D eigenvalue weighted by atomic mass is 35.5. The van der Waals surface area contributed by atoms with Gasteiger partial charge in [-0.3, -0.25) is 9.69 Å². The molecule has 192 valence electrons. The molecule has 7 nitrogen and oxygen atoms in total. The lowest BCUT2D eigenvalue weighted by Gasteiger charge is -2.26. The fourth-order valence-corrected chi connectivity index (χ4v) is 4.90. The predicted molar refractivity (Wildman–Crippen MR) is 147 cm³/mol. The van der Waals surface area contributed by atoms with Crippen LogP contribution in [-0.2, 0) is 16.1 Å². The second-order valence-electron chi connectivity index (χ2n) is 9.36. The Labute approximate surface area is 221 Å². The van der Waals surface area contributed by atoms with E-state index in [-0.39, 0.29) is 11.8 Å². The number of fused-ring (bicyclic) bond motifs is 2. The topological polar surface area (TPSA) is 81.8 Å². The zero-order valence-electron chi connectivity index (χ0n) is 20.9. The van der Waals surface area contributed by atoms with Crippen LogP contribution in [0.25, 0.3) is 33.4 Å². The van der Waals surface area contributed by atoms with Crippen LogP contribution in [0.3, 0.4) is 0 Å². The SMILES string of the molecule is CN(CCNC(=O)CCl)c1ccc2c(-c3cccc(CN4CCOCC4)c3)c3ccc(=N)cc-3oc2c1. The lowest BCUT2D eigenvalue weighted by atomic mass is 9.92. The fourth-order valence-electron chi connectivity index (χ4n) is 4.81. The maximum Gasteiger partial charge on any atom is 0.234 e. The molecule has 1 fully saturated rings. The number of benzene rings is 3. The first-order valence-corrected chi connectivity index (χ1v) is 13.0. The Kier molecular flexibility index (Phi) is 7.74. The summed E-state index contributed by atoms with van der Waals surface area (Å²) in [6, 6.07) is 20.4. The van der Waals surface area contributed by atoms with Gasteiger partial charge in [-0.15, -0.1) is 11.6 Å². The van der Waals surface area contributed by atoms with Crippen LogP contribution in [0.5, 0.6) is 0 Å². The zero-order chi connectivity index (χ0) is 25.8. The van der Waals surface area contributed by atoms with Gasteiger partial charge in [0.05, 0.1) is 18.6 Å². The molecule has 2 N–H and O–H groups in total. The molecule has 2 aromatic carbocycles. The molecule has 1 saturated heterocycles. The first kappa shape index (κ1) is 25.3. The third-order valence-corrected chi connectivity index (χ3v) is 7.01. The molecule has 8 heteroatoms. The Bertz CT molecular complexity index is 1430. The number of nitrogens with one attached hydrogen (secondary N) is 2. The number of hydrogen-bond donors (Lipinski definition) is 2. The summed E-state index contributed by atoms with van der Waals surface area (Å²) in [5, 5.41) is 12.4. The molecule has 3 aliphatic rings. The summed E-state index contributed by atoms with van der Waals surface area (Å²) >= 11 is 5.57. The van der Waals surface area contributed by atoms with Crippen molar-refractivity contribution in [3.05, 3.63) is 71.6 Å². The third kappa shape index (κ3) is 5.80. The quantitative estimate of drug-likeness (QED) is 0.268. The molecule has 5 rings (SSSR count). The largest absolute Gasteiger partial charge is 0.456 e. The van der Waals surface area contributed by atoms with Crippen molar-refractivity contribution in [2.45, 2.75) is 6.54 Å². The van der Waals surface area contributed by atoms with Gasteiger partial charge < -0.3 is 24.8 Å². The number of amides is 1. The van der Waals surface area contributed by atoms with E-state index in [0.29, 0.717) is 24.2 Å². The standard InChI is InChI=1S/C29H31ClN4O3/c1-33(10-9-32-28(35)18-30)23-6-8-25-27(17-23)37-26-16-22(31)5-7-24(26)29(25)21-4-2-3-20(15-21)19-34-11-13-36-14-12-34/h2-8,15-17,31H,9-14,18-19H2,1H3,(H,32,35). The first-order valence-electron chi connectivity index (χ1n) is 12.5. The van der Waals surface area contributed by atoms with E-state index >= 15 is 0 Å². The predicted octanol–water partition coefficient (Wildman–Crippen LogP) is 4.31. The number of alkyl halides is 1. The van der Waals surface area contributed by atoms with Gasteiger partial charge in [-0.25, -0.2) is 0 Å². The second-order valence-corrected chi connectivity index (χ2v) is 9.63. The highest BCUT2D eigenvalue weighted by molar-refractivity contribution is 6.27. The summed E-state index contributed by atoms with van der Waals surface area (Å²) in [6.45, 7) is 5.46. The van der Waals surface area contributed by atoms with Crippen LogP contribution in [-0.4, -0.2) is 63.1 Å². The van der Waals surface area contributed by atoms with Crippen molar-refractivity contribution in [3.8, 4) is 22.5 Å². The van der Waals surface area contributed by atoms with Crippen LogP contribution in [0, 0.1) is 5.41 Å². The van der Waals surface area contributed by atoms with Crippen LogP contribution in [0.15, 0.2) is 65.1 Å². The van der Waals surface area contributed by atoms with E-state index in [1.165, 1.54) is 5.56 Å². The Hall–Kier alpha value is -3.39. The van der Waals surface area contributed by atoms with Gasteiger partial charge in [0.1, 0.15) is 17.2 Å². The van der Waals surface area contributed by atoms with Crippen molar-refractivity contribution < 1.29 is 13.9 Å². The van der Waals surface area contributed by atoms with Gasteiger partial charge in [-0.1, -0.05) is 18.2 Å². The molecule has 2 heterocycles. The van der Waals surface area contributed by atoms with Crippen molar-refractivity contribution in [2.75, 3.05) is 57.2 Å². The number of nitrogens with zero attached hydrogens (tertiary/aromatic N) is 2. The monoisotopic (exact) mass is 518 g/mol. The Morgan fingerprint density at radius 1 is 1.11 bits per heavy atom. The first-order chi connectivity index (χ1) is 18.0. The smallest absolute Gasteiger partial charge is 0.234 e. The molecule has 1 aliphatic carbocycles. The van der Waals surface area contributed by atoms with Crippen molar-refractivity contribution in [1.29, 1.82) is 5.41 Å². The summed E-state index contributed by atoms with van der Waals surface area (Å²) in [6.07, 6.45) is 0. The number of carbonyl (C=O) groups excluding carboxylic acids is 1. The van der Waals surface area contributed by atoms with Gasteiger partial charge in [-0.05, 0) is 41.5 Å². The second kappa shape index (κ2) is 11.3. The maximum atomic E-state index is 11.5. The minimum absolute atomic E-state index is 0.0416. The summed E-state index contributed by atoms with van der Waals surface area (Å²) in [7, 11) is 1.98. The highest BCUT2D eigenvalue weighted by Gasteiger charge is 2.19. The van der Waals surface area contributed by atoms with Crippen LogP contribution in [0.1, 0.15) is 5.56 Å². The molecule has 0 radical (unpaired) electrons. The van der Waals surface area contributed by atoms with Crippen molar-refractivity contribution in [1.82, 2.24) is 10.2 Å². The molecule has 0 unspecified atom stereocenters. The molecule has 0 saturated carbocycles. The zero-order valence-corrected chi connectivity index (χ0v) is 21.7. The number of rotatable bonds is 8. The Morgan fingerprint density at radius 3 is 2.76 bits per heavy atom. The number of anilines is 1. The van der Waals surface area contributed by atoms with Crippen LogP contribution in [0.4, 0.5) is 5.69 Å². The van der Waals surface area contributed by atoms with E-state index in [4.69, 9.17) is 26.2 Å². The molecule has 0 bridgehead atoms. The molecule has 0 atom stereocenters. The van der Waals surface area contributed by atoms with Gasteiger partial charge >= 0.3 is 0 Å². The highest BCUT2D eigenvalue weighted by Crippen LogP contribution is 2.41. The maximum absolute atomic E-state index is 11.5. The van der Waals surface area contributed by atoms with Gasteiger partial charge in [0, 0.05) is 74.1 Å². The van der Waals surface area contributed by atoms with Crippen LogP contribution >= 0.6 is 11.6 Å². The average molecular weight is 519 g/mol. The van der Waals surface area contributed by atoms with Crippen molar-refractivity contribution >= 4 is 34.2 Å². The fraction of sp³-hybridized carbons (Fsp3) is 0.310. The minimum Gasteiger partial charge on any atom is -0.456 e. The summed E-state index contributed by atoms with van der Waals surface area (Å²) in [5.74, 6) is 0.463. The molecule has 0 spiro atoms. The van der Waals surface area contributed by atoms with Gasteiger partial charge in [0.25, 0.3) is 0 Å². The molecule has 2 aliphatic heterocycles. The number of likely N-dealkylation sites (N-methyl/N-ethyl adjacent to an activating group) is 1. The molecule has 0 aromatic heterocycles. The van der Waals surface area contributed by atoms with Crippen LogP contribution < -0.4 is 15.6 Å². The molecular formula is C29H31ClN4O3. The molecular weight excluding hydrogens is 488 g/mol. The van der Waals surface area contributed by atoms with Crippen LogP contribution in [0.2, 0.25) is 0 Å². The van der Waals surface area contributed by atoms with Crippen molar-refractivity contribution in [2.24, 2.45) is 0 Å². The van der Waals surface area contributed by atoms with E-state index < -0.39 is 0 Å². The van der Waals surface area contributed by atoms with Crippen molar-refractivity contribution in [3.63, 3.8) is 0 Å². The minimum atomic E-state index is -0.179. The summed E-state index contributed by atoms with van der Waals surface area (Å²) in [4.78, 5) is 16.0. The third-order valence-electron chi connectivity index (χ3n) is 6.76. The average Bonchev–Trinajstić information content (AvgIpc) is 2.91. The van der Waals surface area contributed by atoms with Gasteiger partial charge in [0.2, 0.25) is 5.91 Å². The van der Waals surface area contributed by atoms with E-state index in [0.717, 1.165) is 66.2 Å². The number of hydrogen-bond acceptors (Lipinski definition) is 6.